The molecule has 1 aromatic rings. The third-order valence-corrected chi connectivity index (χ3v) is 4.47. The van der Waals surface area contributed by atoms with Gasteiger partial charge in [0.05, 0.1) is 26.0 Å². The summed E-state index contributed by atoms with van der Waals surface area (Å²) in [6, 6.07) is 0. The molecular weight excluding hydrogens is 270 g/mol. The van der Waals surface area contributed by atoms with Gasteiger partial charge in [-0.05, 0) is 18.8 Å². The van der Waals surface area contributed by atoms with Crippen LogP contribution < -0.4 is 0 Å². The van der Waals surface area contributed by atoms with Crippen molar-refractivity contribution in [1.82, 2.24) is 14.5 Å². The van der Waals surface area contributed by atoms with Gasteiger partial charge < -0.3 is 18.9 Å². The summed E-state index contributed by atoms with van der Waals surface area (Å²) in [5.74, 6) is 0.784. The minimum absolute atomic E-state index is 0.0664. The lowest BCUT2D eigenvalue weighted by molar-refractivity contribution is -0.157. The normalized spacial score (nSPS) is 23.5. The molecule has 1 spiro atoms. The molecule has 6 heteroatoms. The van der Waals surface area contributed by atoms with Gasteiger partial charge in [0.15, 0.2) is 0 Å². The summed E-state index contributed by atoms with van der Waals surface area (Å²) in [5.41, 5.74) is -0.0664. The maximum absolute atomic E-state index is 12.1. The van der Waals surface area contributed by atoms with Crippen LogP contribution >= 0.6 is 0 Å². The first-order valence-corrected chi connectivity index (χ1v) is 7.57. The van der Waals surface area contributed by atoms with Crippen molar-refractivity contribution in [2.75, 3.05) is 33.4 Å². The van der Waals surface area contributed by atoms with Crippen molar-refractivity contribution in [3.05, 3.63) is 18.7 Å². The van der Waals surface area contributed by atoms with E-state index in [0.717, 1.165) is 39.1 Å². The van der Waals surface area contributed by atoms with Crippen molar-refractivity contribution in [2.45, 2.75) is 31.4 Å². The molecule has 1 atom stereocenters. The maximum atomic E-state index is 12.1. The Morgan fingerprint density at radius 2 is 2.38 bits per heavy atom. The molecule has 0 bridgehead atoms. The predicted molar refractivity (Wildman–Crippen MR) is 76.7 cm³/mol. The number of amides is 1. The van der Waals surface area contributed by atoms with Gasteiger partial charge in [-0.3, -0.25) is 4.79 Å². The molecule has 1 amide bonds. The van der Waals surface area contributed by atoms with Gasteiger partial charge in [-0.25, -0.2) is 4.98 Å². The summed E-state index contributed by atoms with van der Waals surface area (Å²) >= 11 is 0. The molecule has 2 aliphatic heterocycles. The van der Waals surface area contributed by atoms with E-state index in [2.05, 4.69) is 4.98 Å². The van der Waals surface area contributed by atoms with E-state index < -0.39 is 0 Å². The van der Waals surface area contributed by atoms with E-state index in [4.69, 9.17) is 9.47 Å². The van der Waals surface area contributed by atoms with Gasteiger partial charge in [0.1, 0.15) is 5.60 Å². The molecule has 1 aromatic heterocycles. The SMILES string of the molecule is COCCC1COC2(C1)CN(C(=O)CCn1ccnc1)C2. The van der Waals surface area contributed by atoms with Crippen LogP contribution in [0.2, 0.25) is 0 Å². The molecular formula is C15H23N3O3. The largest absolute Gasteiger partial charge is 0.385 e. The summed E-state index contributed by atoms with van der Waals surface area (Å²) in [7, 11) is 1.73. The Hall–Kier alpha value is -1.40. The molecule has 3 rings (SSSR count). The fraction of sp³-hybridized carbons (Fsp3) is 0.733. The Labute approximate surface area is 125 Å². The fourth-order valence-corrected chi connectivity index (χ4v) is 3.26. The number of methoxy groups -OCH3 is 1. The number of aryl methyl sites for hydroxylation is 1. The van der Waals surface area contributed by atoms with Gasteiger partial charge in [-0.1, -0.05) is 0 Å². The Morgan fingerprint density at radius 1 is 1.52 bits per heavy atom. The van der Waals surface area contributed by atoms with E-state index in [0.29, 0.717) is 18.9 Å². The average molecular weight is 293 g/mol. The van der Waals surface area contributed by atoms with Crippen molar-refractivity contribution in [3.8, 4) is 0 Å². The van der Waals surface area contributed by atoms with Gasteiger partial charge in [0, 0.05) is 39.1 Å². The molecule has 0 saturated carbocycles. The van der Waals surface area contributed by atoms with Crippen molar-refractivity contribution in [1.29, 1.82) is 0 Å². The highest BCUT2D eigenvalue weighted by molar-refractivity contribution is 5.77. The Kier molecular flexibility index (Phi) is 4.26. The second-order valence-corrected chi connectivity index (χ2v) is 6.15. The van der Waals surface area contributed by atoms with Crippen LogP contribution in [0, 0.1) is 5.92 Å². The lowest BCUT2D eigenvalue weighted by Crippen LogP contribution is -2.63. The third kappa shape index (κ3) is 3.27. The van der Waals surface area contributed by atoms with Crippen LogP contribution in [-0.4, -0.2) is 59.4 Å². The number of carbonyl (C=O) groups is 1. The van der Waals surface area contributed by atoms with E-state index >= 15 is 0 Å². The number of ether oxygens (including phenoxy) is 2. The van der Waals surface area contributed by atoms with Crippen LogP contribution in [0.4, 0.5) is 0 Å². The van der Waals surface area contributed by atoms with Crippen molar-refractivity contribution >= 4 is 5.91 Å². The number of carbonyl (C=O) groups excluding carboxylic acids is 1. The Bertz CT molecular complexity index is 469. The van der Waals surface area contributed by atoms with Crippen LogP contribution in [0.3, 0.4) is 0 Å². The molecule has 2 saturated heterocycles. The number of rotatable bonds is 6. The van der Waals surface area contributed by atoms with E-state index in [9.17, 15) is 4.79 Å². The van der Waals surface area contributed by atoms with Gasteiger partial charge >= 0.3 is 0 Å². The van der Waals surface area contributed by atoms with E-state index in [1.54, 1.807) is 19.6 Å². The first kappa shape index (κ1) is 14.5. The summed E-state index contributed by atoms with van der Waals surface area (Å²) in [6.07, 6.45) is 7.99. The van der Waals surface area contributed by atoms with Crippen molar-refractivity contribution in [2.24, 2.45) is 5.92 Å². The standard InChI is InChI=1S/C15H23N3O3/c1-20-7-3-13-8-15(21-9-13)10-18(11-15)14(19)2-5-17-6-4-16-12-17/h4,6,12-13H,2-3,5,7-11H2,1H3. The first-order valence-electron chi connectivity index (χ1n) is 7.57. The predicted octanol–water partition coefficient (Wildman–Crippen LogP) is 0.927. The van der Waals surface area contributed by atoms with Crippen LogP contribution in [0.25, 0.3) is 0 Å². The quantitative estimate of drug-likeness (QED) is 0.783. The van der Waals surface area contributed by atoms with Crippen LogP contribution in [0.15, 0.2) is 18.7 Å². The second kappa shape index (κ2) is 6.15. The number of likely N-dealkylation sites (tertiary alicyclic amines) is 1. The Balaban J connectivity index is 1.40. The zero-order valence-electron chi connectivity index (χ0n) is 12.5. The lowest BCUT2D eigenvalue weighted by Gasteiger charge is -2.47. The molecule has 6 nitrogen and oxygen atoms in total. The molecule has 21 heavy (non-hydrogen) atoms. The molecule has 2 fully saturated rings. The minimum atomic E-state index is -0.0664. The van der Waals surface area contributed by atoms with Gasteiger partial charge in [-0.15, -0.1) is 0 Å². The Morgan fingerprint density at radius 3 is 3.10 bits per heavy atom. The molecule has 2 aliphatic rings. The number of imidazole rings is 1. The second-order valence-electron chi connectivity index (χ2n) is 6.15. The zero-order chi connectivity index (χ0) is 14.7. The van der Waals surface area contributed by atoms with Crippen molar-refractivity contribution in [3.63, 3.8) is 0 Å². The zero-order valence-corrected chi connectivity index (χ0v) is 12.5. The highest BCUT2D eigenvalue weighted by Gasteiger charge is 2.50. The van der Waals surface area contributed by atoms with Gasteiger partial charge in [0.25, 0.3) is 0 Å². The van der Waals surface area contributed by atoms with E-state index in [-0.39, 0.29) is 11.5 Å². The molecule has 0 radical (unpaired) electrons. The molecule has 0 N–H and O–H groups in total. The van der Waals surface area contributed by atoms with Crippen LogP contribution in [-0.2, 0) is 20.8 Å². The monoisotopic (exact) mass is 293 g/mol. The van der Waals surface area contributed by atoms with Crippen LogP contribution in [0.1, 0.15) is 19.3 Å². The lowest BCUT2D eigenvalue weighted by atomic mass is 9.86. The summed E-state index contributed by atoms with van der Waals surface area (Å²) < 4.78 is 13.0. The van der Waals surface area contributed by atoms with Gasteiger partial charge in [0.2, 0.25) is 5.91 Å². The van der Waals surface area contributed by atoms with E-state index in [1.807, 2.05) is 15.7 Å². The molecule has 3 heterocycles. The number of hydrogen-bond donors (Lipinski definition) is 0. The average Bonchev–Trinajstić information content (AvgIpc) is 3.10. The molecule has 1 unspecified atom stereocenters. The molecule has 0 aliphatic carbocycles. The number of hydrogen-bond acceptors (Lipinski definition) is 4. The van der Waals surface area contributed by atoms with Crippen LogP contribution in [0.5, 0.6) is 0 Å². The van der Waals surface area contributed by atoms with Gasteiger partial charge in [-0.2, -0.15) is 0 Å². The highest BCUT2D eigenvalue weighted by Crippen LogP contribution is 2.39. The molecule has 116 valence electrons. The molecule has 0 aromatic carbocycles. The maximum Gasteiger partial charge on any atom is 0.224 e. The minimum Gasteiger partial charge on any atom is -0.385 e. The van der Waals surface area contributed by atoms with E-state index in [1.165, 1.54) is 0 Å². The summed E-state index contributed by atoms with van der Waals surface area (Å²) in [4.78, 5) is 18.0. The number of aromatic nitrogens is 2. The highest BCUT2D eigenvalue weighted by atomic mass is 16.5. The summed E-state index contributed by atoms with van der Waals surface area (Å²) in [6.45, 7) is 3.79. The fourth-order valence-electron chi connectivity index (χ4n) is 3.26. The first-order chi connectivity index (χ1) is 10.2. The smallest absolute Gasteiger partial charge is 0.224 e. The topological polar surface area (TPSA) is 56.6 Å². The summed E-state index contributed by atoms with van der Waals surface area (Å²) in [5, 5.41) is 0. The van der Waals surface area contributed by atoms with Crippen molar-refractivity contribution < 1.29 is 14.3 Å². The number of nitrogens with zero attached hydrogens (tertiary/aromatic N) is 3. The third-order valence-electron chi connectivity index (χ3n) is 4.47.